The van der Waals surface area contributed by atoms with Crippen LogP contribution in [0, 0.1) is 0 Å². The molecule has 15 heavy (non-hydrogen) atoms. The summed E-state index contributed by atoms with van der Waals surface area (Å²) in [5, 5.41) is -0.828. The number of alkyl halides is 3. The fourth-order valence-corrected chi connectivity index (χ4v) is 1.97. The van der Waals surface area contributed by atoms with Crippen LogP contribution < -0.4 is 4.74 Å². The Morgan fingerprint density at radius 3 is 2.67 bits per heavy atom. The second-order valence-electron chi connectivity index (χ2n) is 2.85. The molecule has 1 heterocycles. The molecule has 2 nitrogen and oxygen atoms in total. The number of aromatic nitrogens is 1. The van der Waals surface area contributed by atoms with Crippen molar-refractivity contribution in [2.75, 3.05) is 7.11 Å². The van der Waals surface area contributed by atoms with Gasteiger partial charge in [0.2, 0.25) is 0 Å². The number of halogens is 3. The van der Waals surface area contributed by atoms with E-state index in [4.69, 9.17) is 4.74 Å². The van der Waals surface area contributed by atoms with Crippen LogP contribution in [0.3, 0.4) is 0 Å². The van der Waals surface area contributed by atoms with Gasteiger partial charge in [-0.15, -0.1) is 11.3 Å². The van der Waals surface area contributed by atoms with Gasteiger partial charge < -0.3 is 4.74 Å². The molecule has 2 rings (SSSR count). The van der Waals surface area contributed by atoms with Crippen LogP contribution in [0.15, 0.2) is 18.2 Å². The molecule has 0 fully saturated rings. The quantitative estimate of drug-likeness (QED) is 0.753. The van der Waals surface area contributed by atoms with Gasteiger partial charge in [-0.3, -0.25) is 0 Å². The van der Waals surface area contributed by atoms with E-state index < -0.39 is 11.2 Å². The molecular weight excluding hydrogens is 227 g/mol. The van der Waals surface area contributed by atoms with Crippen molar-refractivity contribution in [2.24, 2.45) is 0 Å². The van der Waals surface area contributed by atoms with Gasteiger partial charge in [-0.25, -0.2) is 4.98 Å². The third-order valence-corrected chi connectivity index (χ3v) is 2.92. The second kappa shape index (κ2) is 3.37. The molecule has 80 valence electrons. The third-order valence-electron chi connectivity index (χ3n) is 1.84. The van der Waals surface area contributed by atoms with Crippen molar-refractivity contribution in [2.45, 2.75) is 6.18 Å². The molecule has 0 radical (unpaired) electrons. The van der Waals surface area contributed by atoms with Gasteiger partial charge in [0.05, 0.1) is 17.3 Å². The van der Waals surface area contributed by atoms with Crippen molar-refractivity contribution in [3.05, 3.63) is 23.2 Å². The summed E-state index contributed by atoms with van der Waals surface area (Å²) in [7, 11) is 1.46. The molecule has 2 aromatic rings. The zero-order valence-corrected chi connectivity index (χ0v) is 8.45. The van der Waals surface area contributed by atoms with Crippen LogP contribution in [0.25, 0.3) is 10.2 Å². The zero-order chi connectivity index (χ0) is 11.1. The van der Waals surface area contributed by atoms with Gasteiger partial charge >= 0.3 is 6.18 Å². The minimum absolute atomic E-state index is 0.312. The molecule has 0 unspecified atom stereocenters. The smallest absolute Gasteiger partial charge is 0.443 e. The summed E-state index contributed by atoms with van der Waals surface area (Å²) >= 11 is 0.632. The van der Waals surface area contributed by atoms with Crippen molar-refractivity contribution in [3.8, 4) is 5.75 Å². The summed E-state index contributed by atoms with van der Waals surface area (Å²) < 4.78 is 42.4. The maximum Gasteiger partial charge on any atom is 0.443 e. The van der Waals surface area contributed by atoms with Crippen LogP contribution in [0.5, 0.6) is 5.75 Å². The fraction of sp³-hybridized carbons (Fsp3) is 0.222. The molecule has 0 aliphatic carbocycles. The Kier molecular flexibility index (Phi) is 2.30. The Labute approximate surface area is 87.3 Å². The lowest BCUT2D eigenvalue weighted by Crippen LogP contribution is -2.03. The highest BCUT2D eigenvalue weighted by Crippen LogP contribution is 2.36. The number of benzene rings is 1. The predicted octanol–water partition coefficient (Wildman–Crippen LogP) is 3.32. The number of hydrogen-bond donors (Lipinski definition) is 0. The minimum Gasteiger partial charge on any atom is -0.497 e. The van der Waals surface area contributed by atoms with E-state index in [1.165, 1.54) is 13.2 Å². The third kappa shape index (κ3) is 1.90. The minimum atomic E-state index is -4.38. The van der Waals surface area contributed by atoms with E-state index in [1.54, 1.807) is 12.1 Å². The lowest BCUT2D eigenvalue weighted by atomic mass is 10.3. The summed E-state index contributed by atoms with van der Waals surface area (Å²) in [6, 6.07) is 4.67. The first-order chi connectivity index (χ1) is 7.00. The lowest BCUT2D eigenvalue weighted by molar-refractivity contribution is -0.137. The van der Waals surface area contributed by atoms with E-state index in [9.17, 15) is 13.2 Å². The predicted molar refractivity (Wildman–Crippen MR) is 51.2 cm³/mol. The highest BCUT2D eigenvalue weighted by molar-refractivity contribution is 7.18. The Balaban J connectivity index is 2.56. The highest BCUT2D eigenvalue weighted by Gasteiger charge is 2.34. The van der Waals surface area contributed by atoms with Crippen LogP contribution in [0.4, 0.5) is 13.2 Å². The van der Waals surface area contributed by atoms with Gasteiger partial charge in [-0.05, 0) is 12.1 Å². The van der Waals surface area contributed by atoms with Crippen molar-refractivity contribution in [3.63, 3.8) is 0 Å². The summed E-state index contributed by atoms with van der Waals surface area (Å²) in [5.41, 5.74) is 0.312. The monoisotopic (exact) mass is 233 g/mol. The highest BCUT2D eigenvalue weighted by atomic mass is 32.1. The number of fused-ring (bicyclic) bond motifs is 1. The SMILES string of the molecule is COc1ccc2sc(C(F)(F)F)nc2c1. The molecular formula is C9H6F3NOS. The number of hydrogen-bond acceptors (Lipinski definition) is 3. The van der Waals surface area contributed by atoms with E-state index in [-0.39, 0.29) is 0 Å². The second-order valence-corrected chi connectivity index (χ2v) is 3.88. The van der Waals surface area contributed by atoms with Crippen molar-refractivity contribution < 1.29 is 17.9 Å². The van der Waals surface area contributed by atoms with E-state index in [2.05, 4.69) is 4.98 Å². The molecule has 6 heteroatoms. The summed E-state index contributed by atoms with van der Waals surface area (Å²) in [4.78, 5) is 3.51. The summed E-state index contributed by atoms with van der Waals surface area (Å²) in [5.74, 6) is 0.501. The standard InChI is InChI=1S/C9H6F3NOS/c1-14-5-2-3-7-6(4-5)13-8(15-7)9(10,11)12/h2-4H,1H3. The first-order valence-corrected chi connectivity index (χ1v) is 4.84. The Hall–Kier alpha value is -1.30. The van der Waals surface area contributed by atoms with Crippen LogP contribution in [-0.4, -0.2) is 12.1 Å². The summed E-state index contributed by atoms with van der Waals surface area (Å²) in [6.45, 7) is 0. The summed E-state index contributed by atoms with van der Waals surface area (Å²) in [6.07, 6.45) is -4.38. The van der Waals surface area contributed by atoms with E-state index >= 15 is 0 Å². The number of thiazole rings is 1. The molecule has 1 aromatic heterocycles. The van der Waals surface area contributed by atoms with E-state index in [0.717, 1.165) is 0 Å². The normalized spacial score (nSPS) is 12.0. The van der Waals surface area contributed by atoms with Gasteiger partial charge in [0, 0.05) is 6.07 Å². The molecule has 0 bridgehead atoms. The van der Waals surface area contributed by atoms with Gasteiger partial charge in [0.25, 0.3) is 0 Å². The molecule has 0 saturated carbocycles. The van der Waals surface area contributed by atoms with Crippen LogP contribution >= 0.6 is 11.3 Å². The zero-order valence-electron chi connectivity index (χ0n) is 7.63. The molecule has 0 N–H and O–H groups in total. The molecule has 0 atom stereocenters. The van der Waals surface area contributed by atoms with Gasteiger partial charge in [-0.2, -0.15) is 13.2 Å². The molecule has 0 amide bonds. The Morgan fingerprint density at radius 2 is 2.07 bits per heavy atom. The Morgan fingerprint density at radius 1 is 1.33 bits per heavy atom. The molecule has 0 spiro atoms. The van der Waals surface area contributed by atoms with Crippen LogP contribution in [0.2, 0.25) is 0 Å². The van der Waals surface area contributed by atoms with E-state index in [1.807, 2.05) is 0 Å². The maximum atomic E-state index is 12.3. The number of methoxy groups -OCH3 is 1. The van der Waals surface area contributed by atoms with Gasteiger partial charge in [0.15, 0.2) is 5.01 Å². The van der Waals surface area contributed by atoms with Crippen molar-refractivity contribution in [1.82, 2.24) is 4.98 Å². The number of nitrogens with zero attached hydrogens (tertiary/aromatic N) is 1. The molecule has 1 aromatic carbocycles. The average Bonchev–Trinajstić information content (AvgIpc) is 2.59. The fourth-order valence-electron chi connectivity index (χ4n) is 1.16. The van der Waals surface area contributed by atoms with Gasteiger partial charge in [0.1, 0.15) is 5.75 Å². The molecule has 0 aliphatic rings. The average molecular weight is 233 g/mol. The van der Waals surface area contributed by atoms with Crippen LogP contribution in [-0.2, 0) is 6.18 Å². The number of ether oxygens (including phenoxy) is 1. The van der Waals surface area contributed by atoms with Crippen molar-refractivity contribution in [1.29, 1.82) is 0 Å². The Bertz CT molecular complexity index is 492. The van der Waals surface area contributed by atoms with Crippen LogP contribution in [0.1, 0.15) is 5.01 Å². The van der Waals surface area contributed by atoms with Gasteiger partial charge in [-0.1, -0.05) is 0 Å². The largest absolute Gasteiger partial charge is 0.497 e. The first-order valence-electron chi connectivity index (χ1n) is 4.02. The van der Waals surface area contributed by atoms with Crippen molar-refractivity contribution >= 4 is 21.6 Å². The lowest BCUT2D eigenvalue weighted by Gasteiger charge is -1.98. The molecule has 0 saturated heterocycles. The topological polar surface area (TPSA) is 22.1 Å². The first kappa shape index (κ1) is 10.2. The van der Waals surface area contributed by atoms with E-state index in [0.29, 0.717) is 27.3 Å². The number of rotatable bonds is 1. The maximum absolute atomic E-state index is 12.3. The molecule has 0 aliphatic heterocycles.